The number of benzene rings is 2. The molecule has 0 saturated carbocycles. The lowest BCUT2D eigenvalue weighted by atomic mass is 10.1. The van der Waals surface area contributed by atoms with Gasteiger partial charge in [0.1, 0.15) is 6.54 Å². The highest BCUT2D eigenvalue weighted by molar-refractivity contribution is 6.31. The van der Waals surface area contributed by atoms with Crippen LogP contribution in [0.15, 0.2) is 42.5 Å². The van der Waals surface area contributed by atoms with Gasteiger partial charge in [-0.3, -0.25) is 9.59 Å². The van der Waals surface area contributed by atoms with Crippen molar-refractivity contribution in [3.05, 3.63) is 64.2 Å². The molecule has 1 N–H and O–H groups in total. The van der Waals surface area contributed by atoms with E-state index >= 15 is 0 Å². The predicted octanol–water partition coefficient (Wildman–Crippen LogP) is 3.62. The summed E-state index contributed by atoms with van der Waals surface area (Å²) < 4.78 is 0. The Morgan fingerprint density at radius 3 is 2.48 bits per heavy atom. The number of nitrogens with zero attached hydrogens (tertiary/aromatic N) is 2. The molecule has 0 spiro atoms. The van der Waals surface area contributed by atoms with Crippen molar-refractivity contribution in [3.63, 3.8) is 0 Å². The molecule has 2 amide bonds. The highest BCUT2D eigenvalue weighted by Gasteiger charge is 2.18. The van der Waals surface area contributed by atoms with Crippen LogP contribution in [0, 0.1) is 18.3 Å². The lowest BCUT2D eigenvalue weighted by molar-refractivity contribution is -0.116. The molecule has 0 saturated heterocycles. The first-order chi connectivity index (χ1) is 11.9. The van der Waals surface area contributed by atoms with Crippen molar-refractivity contribution in [2.75, 3.05) is 18.4 Å². The van der Waals surface area contributed by atoms with Gasteiger partial charge in [-0.05, 0) is 55.8 Å². The van der Waals surface area contributed by atoms with Crippen LogP contribution in [0.3, 0.4) is 0 Å². The third-order valence-corrected chi connectivity index (χ3v) is 3.97. The summed E-state index contributed by atoms with van der Waals surface area (Å²) in [6, 6.07) is 13.6. The maximum atomic E-state index is 12.5. The van der Waals surface area contributed by atoms with E-state index in [1.807, 2.05) is 19.1 Å². The second-order valence-electron chi connectivity index (χ2n) is 5.52. The molecule has 0 heterocycles. The highest BCUT2D eigenvalue weighted by atomic mass is 35.5. The lowest BCUT2D eigenvalue weighted by Gasteiger charge is -2.21. The number of carbonyl (C=O) groups is 2. The molecule has 0 radical (unpaired) electrons. The van der Waals surface area contributed by atoms with E-state index in [0.29, 0.717) is 28.4 Å². The minimum absolute atomic E-state index is 0.0682. The van der Waals surface area contributed by atoms with Crippen molar-refractivity contribution >= 4 is 29.1 Å². The number of rotatable bonds is 5. The predicted molar refractivity (Wildman–Crippen MR) is 97.6 cm³/mol. The van der Waals surface area contributed by atoms with Crippen molar-refractivity contribution in [2.24, 2.45) is 0 Å². The number of hydrogen-bond donors (Lipinski definition) is 1. The van der Waals surface area contributed by atoms with Gasteiger partial charge in [0.15, 0.2) is 0 Å². The Morgan fingerprint density at radius 1 is 1.20 bits per heavy atom. The van der Waals surface area contributed by atoms with Crippen LogP contribution >= 0.6 is 11.6 Å². The number of carbonyl (C=O) groups excluding carboxylic acids is 2. The van der Waals surface area contributed by atoms with Crippen LogP contribution in [0.25, 0.3) is 0 Å². The molecule has 0 aliphatic carbocycles. The first-order valence-electron chi connectivity index (χ1n) is 7.80. The standard InChI is InChI=1S/C19H18ClN3O2/c1-3-23(19(25)15-7-5-14(11-21)6-8-15)12-18(24)22-17-10-16(20)9-4-13(17)2/h4-10H,3,12H2,1-2H3,(H,22,24). The Morgan fingerprint density at radius 2 is 1.88 bits per heavy atom. The average Bonchev–Trinajstić information content (AvgIpc) is 2.62. The molecule has 0 bridgehead atoms. The number of anilines is 1. The Bertz CT molecular complexity index is 826. The maximum absolute atomic E-state index is 12.5. The zero-order valence-electron chi connectivity index (χ0n) is 14.0. The van der Waals surface area contributed by atoms with Crippen molar-refractivity contribution in [2.45, 2.75) is 13.8 Å². The van der Waals surface area contributed by atoms with E-state index in [9.17, 15) is 9.59 Å². The van der Waals surface area contributed by atoms with E-state index in [2.05, 4.69) is 5.32 Å². The van der Waals surface area contributed by atoms with Crippen molar-refractivity contribution in [1.82, 2.24) is 4.90 Å². The van der Waals surface area contributed by atoms with Gasteiger partial charge in [-0.1, -0.05) is 17.7 Å². The van der Waals surface area contributed by atoms with E-state index in [1.165, 1.54) is 4.90 Å². The summed E-state index contributed by atoms with van der Waals surface area (Å²) >= 11 is 5.95. The number of hydrogen-bond acceptors (Lipinski definition) is 3. The second kappa shape index (κ2) is 8.32. The van der Waals surface area contributed by atoms with Gasteiger partial charge in [-0.25, -0.2) is 0 Å². The molecule has 5 nitrogen and oxygen atoms in total. The van der Waals surface area contributed by atoms with Gasteiger partial charge < -0.3 is 10.2 Å². The largest absolute Gasteiger partial charge is 0.330 e. The van der Waals surface area contributed by atoms with Crippen molar-refractivity contribution < 1.29 is 9.59 Å². The molecule has 0 fully saturated rings. The molecular formula is C19H18ClN3O2. The molecule has 0 aromatic heterocycles. The zero-order chi connectivity index (χ0) is 18.4. The summed E-state index contributed by atoms with van der Waals surface area (Å²) in [7, 11) is 0. The van der Waals surface area contributed by atoms with Crippen molar-refractivity contribution in [1.29, 1.82) is 5.26 Å². The fourth-order valence-electron chi connectivity index (χ4n) is 2.29. The zero-order valence-corrected chi connectivity index (χ0v) is 14.8. The summed E-state index contributed by atoms with van der Waals surface area (Å²) in [5.41, 5.74) is 2.43. The van der Waals surface area contributed by atoms with Crippen LogP contribution in [-0.4, -0.2) is 29.8 Å². The van der Waals surface area contributed by atoms with Crippen LogP contribution in [0.4, 0.5) is 5.69 Å². The Hall–Kier alpha value is -2.84. The summed E-state index contributed by atoms with van der Waals surface area (Å²) in [5.74, 6) is -0.556. The smallest absolute Gasteiger partial charge is 0.254 e. The molecular weight excluding hydrogens is 338 g/mol. The monoisotopic (exact) mass is 355 g/mol. The number of nitriles is 1. The Kier molecular flexibility index (Phi) is 6.15. The number of likely N-dealkylation sites (N-methyl/N-ethyl adjacent to an activating group) is 1. The molecule has 128 valence electrons. The summed E-state index contributed by atoms with van der Waals surface area (Å²) in [4.78, 5) is 26.3. The summed E-state index contributed by atoms with van der Waals surface area (Å²) in [6.07, 6.45) is 0. The number of nitrogens with one attached hydrogen (secondary N) is 1. The minimum Gasteiger partial charge on any atom is -0.330 e. The summed E-state index contributed by atoms with van der Waals surface area (Å²) in [6.45, 7) is 3.99. The van der Waals surface area contributed by atoms with E-state index < -0.39 is 0 Å². The highest BCUT2D eigenvalue weighted by Crippen LogP contribution is 2.20. The number of aryl methyl sites for hydroxylation is 1. The molecule has 25 heavy (non-hydrogen) atoms. The van der Waals surface area contributed by atoms with Crippen LogP contribution in [0.5, 0.6) is 0 Å². The number of amides is 2. The van der Waals surface area contributed by atoms with Crippen LogP contribution < -0.4 is 5.32 Å². The quantitative estimate of drug-likeness (QED) is 0.890. The van der Waals surface area contributed by atoms with Gasteiger partial charge in [0.2, 0.25) is 5.91 Å². The van der Waals surface area contributed by atoms with Crippen LogP contribution in [-0.2, 0) is 4.79 Å². The van der Waals surface area contributed by atoms with E-state index in [4.69, 9.17) is 16.9 Å². The molecule has 6 heteroatoms. The van der Waals surface area contributed by atoms with Gasteiger partial charge >= 0.3 is 0 Å². The van der Waals surface area contributed by atoms with E-state index in [1.54, 1.807) is 43.3 Å². The molecule has 2 aromatic carbocycles. The van der Waals surface area contributed by atoms with Gasteiger partial charge in [0.25, 0.3) is 5.91 Å². The SMILES string of the molecule is CCN(CC(=O)Nc1cc(Cl)ccc1C)C(=O)c1ccc(C#N)cc1. The second-order valence-corrected chi connectivity index (χ2v) is 5.95. The van der Waals surface area contributed by atoms with Gasteiger partial charge in [-0.15, -0.1) is 0 Å². The molecule has 2 rings (SSSR count). The lowest BCUT2D eigenvalue weighted by Crippen LogP contribution is -2.37. The molecule has 0 aliphatic heterocycles. The number of halogens is 1. The van der Waals surface area contributed by atoms with Gasteiger partial charge in [0.05, 0.1) is 11.6 Å². The van der Waals surface area contributed by atoms with Gasteiger partial charge in [-0.2, -0.15) is 5.26 Å². The van der Waals surface area contributed by atoms with Crippen LogP contribution in [0.2, 0.25) is 5.02 Å². The summed E-state index contributed by atoms with van der Waals surface area (Å²) in [5, 5.41) is 12.1. The molecule has 0 atom stereocenters. The Labute approximate surface area is 151 Å². The fourth-order valence-corrected chi connectivity index (χ4v) is 2.46. The third-order valence-electron chi connectivity index (χ3n) is 3.74. The average molecular weight is 356 g/mol. The minimum atomic E-state index is -0.297. The third kappa shape index (κ3) is 4.82. The van der Waals surface area contributed by atoms with Crippen LogP contribution in [0.1, 0.15) is 28.4 Å². The van der Waals surface area contributed by atoms with E-state index in [0.717, 1.165) is 5.56 Å². The molecule has 0 unspecified atom stereocenters. The topological polar surface area (TPSA) is 73.2 Å². The van der Waals surface area contributed by atoms with E-state index in [-0.39, 0.29) is 18.4 Å². The normalized spacial score (nSPS) is 10.0. The van der Waals surface area contributed by atoms with Crippen molar-refractivity contribution in [3.8, 4) is 6.07 Å². The molecule has 2 aromatic rings. The first kappa shape index (κ1) is 18.5. The Balaban J connectivity index is 2.07. The molecule has 0 aliphatic rings. The fraction of sp³-hybridized carbons (Fsp3) is 0.211. The maximum Gasteiger partial charge on any atom is 0.254 e. The first-order valence-corrected chi connectivity index (χ1v) is 8.17. The van der Waals surface area contributed by atoms with Gasteiger partial charge in [0, 0.05) is 22.8 Å².